The Labute approximate surface area is 192 Å². The molecule has 8 nitrogen and oxygen atoms in total. The Balaban J connectivity index is 1.52. The van der Waals surface area contributed by atoms with Crippen molar-refractivity contribution in [2.75, 3.05) is 10.0 Å². The van der Waals surface area contributed by atoms with Crippen molar-refractivity contribution in [1.82, 2.24) is 9.55 Å². The molecule has 0 aliphatic carbocycles. The van der Waals surface area contributed by atoms with Crippen LogP contribution in [0, 0.1) is 5.82 Å². The molecule has 0 saturated heterocycles. The van der Waals surface area contributed by atoms with Gasteiger partial charge in [-0.3, -0.25) is 18.9 Å². The van der Waals surface area contributed by atoms with Gasteiger partial charge >= 0.3 is 0 Å². The molecular weight excluding hydrogens is 471 g/mol. The maximum Gasteiger partial charge on any atom is 0.262 e. The Morgan fingerprint density at radius 2 is 1.85 bits per heavy atom. The van der Waals surface area contributed by atoms with Crippen molar-refractivity contribution in [1.29, 1.82) is 0 Å². The number of sulfonamides is 1. The Morgan fingerprint density at radius 3 is 2.64 bits per heavy atom. The van der Waals surface area contributed by atoms with Crippen molar-refractivity contribution in [2.45, 2.75) is 11.4 Å². The van der Waals surface area contributed by atoms with Gasteiger partial charge in [0.2, 0.25) is 5.91 Å². The monoisotopic (exact) mass is 486 g/mol. The molecule has 0 unspecified atom stereocenters. The summed E-state index contributed by atoms with van der Waals surface area (Å²) in [6.45, 7) is -0.396. The maximum atomic E-state index is 13.5. The number of aromatic nitrogens is 2. The lowest BCUT2D eigenvalue weighted by Crippen LogP contribution is -2.28. The van der Waals surface area contributed by atoms with Gasteiger partial charge in [-0.25, -0.2) is 17.8 Å². The third-order valence-corrected chi connectivity index (χ3v) is 6.34. The van der Waals surface area contributed by atoms with Gasteiger partial charge in [0.15, 0.2) is 0 Å². The molecule has 0 bridgehead atoms. The summed E-state index contributed by atoms with van der Waals surface area (Å²) in [6.07, 6.45) is 1.19. The van der Waals surface area contributed by atoms with Crippen LogP contribution in [-0.4, -0.2) is 23.9 Å². The van der Waals surface area contributed by atoms with Crippen LogP contribution in [0.3, 0.4) is 0 Å². The van der Waals surface area contributed by atoms with Gasteiger partial charge in [0.05, 0.1) is 32.8 Å². The van der Waals surface area contributed by atoms with Crippen LogP contribution < -0.4 is 15.6 Å². The van der Waals surface area contributed by atoms with E-state index in [9.17, 15) is 22.4 Å². The van der Waals surface area contributed by atoms with Crippen molar-refractivity contribution in [3.8, 4) is 0 Å². The normalized spacial score (nSPS) is 11.3. The number of rotatable bonds is 6. The number of hydrogen-bond acceptors (Lipinski definition) is 5. The first-order valence-electron chi connectivity index (χ1n) is 9.55. The Kier molecular flexibility index (Phi) is 6.12. The minimum absolute atomic E-state index is 0.0454. The van der Waals surface area contributed by atoms with Gasteiger partial charge < -0.3 is 5.32 Å². The lowest BCUT2D eigenvalue weighted by atomic mass is 10.2. The Morgan fingerprint density at radius 1 is 1.06 bits per heavy atom. The van der Waals surface area contributed by atoms with Crippen molar-refractivity contribution < 1.29 is 17.6 Å². The van der Waals surface area contributed by atoms with E-state index in [0.717, 1.165) is 10.6 Å². The molecule has 0 fully saturated rings. The summed E-state index contributed by atoms with van der Waals surface area (Å²) in [7, 11) is -3.97. The predicted molar refractivity (Wildman–Crippen MR) is 123 cm³/mol. The highest BCUT2D eigenvalue weighted by atomic mass is 35.5. The lowest BCUT2D eigenvalue weighted by Gasteiger charge is -2.12. The predicted octanol–water partition coefficient (Wildman–Crippen LogP) is 3.63. The number of para-hydroxylation sites is 1. The SMILES string of the molecule is O=C(Cn1cnc2ccc(F)cc2c1=O)Nc1cccc(S(=O)(=O)Nc2ccccc2Cl)c1. The van der Waals surface area contributed by atoms with E-state index in [4.69, 9.17) is 11.6 Å². The van der Waals surface area contributed by atoms with E-state index in [0.29, 0.717) is 5.52 Å². The van der Waals surface area contributed by atoms with E-state index in [1.54, 1.807) is 18.2 Å². The highest BCUT2D eigenvalue weighted by Crippen LogP contribution is 2.25. The van der Waals surface area contributed by atoms with Crippen molar-refractivity contribution >= 4 is 49.8 Å². The molecule has 0 atom stereocenters. The Hall–Kier alpha value is -3.76. The molecular formula is C22H16ClFN4O4S. The molecule has 4 rings (SSSR count). The van der Waals surface area contributed by atoms with E-state index in [1.165, 1.54) is 48.8 Å². The number of halogens is 2. The van der Waals surface area contributed by atoms with Crippen LogP contribution >= 0.6 is 11.6 Å². The summed E-state index contributed by atoms with van der Waals surface area (Å²) in [5.41, 5.74) is 0.153. The maximum absolute atomic E-state index is 13.5. The summed E-state index contributed by atoms with van der Waals surface area (Å²) in [4.78, 5) is 29.0. The van der Waals surface area contributed by atoms with E-state index in [-0.39, 0.29) is 26.7 Å². The number of anilines is 2. The molecule has 0 saturated carbocycles. The third kappa shape index (κ3) is 5.02. The smallest absolute Gasteiger partial charge is 0.262 e. The second kappa shape index (κ2) is 9.00. The number of fused-ring (bicyclic) bond motifs is 1. The fourth-order valence-electron chi connectivity index (χ4n) is 3.09. The average molecular weight is 487 g/mol. The van der Waals surface area contributed by atoms with Crippen LogP contribution in [0.1, 0.15) is 0 Å². The van der Waals surface area contributed by atoms with E-state index >= 15 is 0 Å². The molecule has 11 heteroatoms. The van der Waals surface area contributed by atoms with Crippen LogP contribution in [0.25, 0.3) is 10.9 Å². The largest absolute Gasteiger partial charge is 0.324 e. The molecule has 4 aromatic rings. The number of benzene rings is 3. The number of amides is 1. The minimum Gasteiger partial charge on any atom is -0.324 e. The second-order valence-electron chi connectivity index (χ2n) is 7.00. The number of carbonyl (C=O) groups is 1. The average Bonchev–Trinajstić information content (AvgIpc) is 2.78. The van der Waals surface area contributed by atoms with Crippen molar-refractivity contribution in [3.05, 3.63) is 94.3 Å². The first-order valence-corrected chi connectivity index (χ1v) is 11.4. The summed E-state index contributed by atoms with van der Waals surface area (Å²) >= 11 is 6.01. The lowest BCUT2D eigenvalue weighted by molar-refractivity contribution is -0.116. The van der Waals surface area contributed by atoms with Crippen LogP contribution in [0.2, 0.25) is 5.02 Å². The van der Waals surface area contributed by atoms with Gasteiger partial charge in [-0.05, 0) is 48.5 Å². The molecule has 0 spiro atoms. The van der Waals surface area contributed by atoms with E-state index in [1.807, 2.05) is 0 Å². The minimum atomic E-state index is -3.97. The van der Waals surface area contributed by atoms with Crippen molar-refractivity contribution in [2.24, 2.45) is 0 Å². The molecule has 0 aliphatic rings. The van der Waals surface area contributed by atoms with Crippen LogP contribution in [0.15, 0.2) is 82.7 Å². The second-order valence-corrected chi connectivity index (χ2v) is 9.09. The quantitative estimate of drug-likeness (QED) is 0.432. The van der Waals surface area contributed by atoms with Gasteiger partial charge in [-0.1, -0.05) is 29.8 Å². The molecule has 2 N–H and O–H groups in total. The number of nitrogens with zero attached hydrogens (tertiary/aromatic N) is 2. The molecule has 1 heterocycles. The van der Waals surface area contributed by atoms with Crippen LogP contribution in [0.4, 0.5) is 15.8 Å². The highest BCUT2D eigenvalue weighted by Gasteiger charge is 2.17. The van der Waals surface area contributed by atoms with Gasteiger partial charge in [-0.15, -0.1) is 0 Å². The standard InChI is InChI=1S/C22H16ClFN4O4S/c23-18-6-1-2-7-20(18)27-33(31,32)16-5-3-4-15(11-16)26-21(29)12-28-13-25-19-9-8-14(24)10-17(19)22(28)30/h1-11,13,27H,12H2,(H,26,29). The fourth-order valence-corrected chi connectivity index (χ4v) is 4.45. The Bertz CT molecular complexity index is 1540. The van der Waals surface area contributed by atoms with Gasteiger partial charge in [0.25, 0.3) is 15.6 Å². The van der Waals surface area contributed by atoms with E-state index < -0.39 is 33.9 Å². The zero-order chi connectivity index (χ0) is 23.6. The topological polar surface area (TPSA) is 110 Å². The first-order chi connectivity index (χ1) is 15.7. The molecule has 0 radical (unpaired) electrons. The number of hydrogen-bond donors (Lipinski definition) is 2. The fraction of sp³-hybridized carbons (Fsp3) is 0.0455. The van der Waals surface area contributed by atoms with Gasteiger partial charge in [0.1, 0.15) is 12.4 Å². The van der Waals surface area contributed by atoms with Crippen molar-refractivity contribution in [3.63, 3.8) is 0 Å². The summed E-state index contributed by atoms with van der Waals surface area (Å²) in [5, 5.41) is 2.83. The molecule has 168 valence electrons. The summed E-state index contributed by atoms with van der Waals surface area (Å²) in [5.74, 6) is -1.18. The van der Waals surface area contributed by atoms with Crippen LogP contribution in [0.5, 0.6) is 0 Å². The molecule has 1 aromatic heterocycles. The van der Waals surface area contributed by atoms with Crippen LogP contribution in [-0.2, 0) is 21.4 Å². The van der Waals surface area contributed by atoms with Gasteiger partial charge in [-0.2, -0.15) is 0 Å². The molecule has 1 amide bonds. The van der Waals surface area contributed by atoms with E-state index in [2.05, 4.69) is 15.0 Å². The zero-order valence-electron chi connectivity index (χ0n) is 16.8. The summed E-state index contributed by atoms with van der Waals surface area (Å²) in [6, 6.07) is 15.6. The first kappa shape index (κ1) is 22.4. The number of nitrogens with one attached hydrogen (secondary N) is 2. The molecule has 3 aromatic carbocycles. The highest BCUT2D eigenvalue weighted by molar-refractivity contribution is 7.92. The molecule has 33 heavy (non-hydrogen) atoms. The summed E-state index contributed by atoms with van der Waals surface area (Å²) < 4.78 is 42.3. The van der Waals surface area contributed by atoms with Gasteiger partial charge in [0, 0.05) is 5.69 Å². The third-order valence-electron chi connectivity index (χ3n) is 4.65. The molecule has 0 aliphatic heterocycles. The number of carbonyl (C=O) groups excluding carboxylic acids is 1. The zero-order valence-corrected chi connectivity index (χ0v) is 18.4.